The number of H-pyrrole nitrogens is 1. The molecule has 2 aromatic heterocycles. The minimum atomic E-state index is -0.692. The molecule has 1 fully saturated rings. The first-order chi connectivity index (χ1) is 13.6. The molecule has 0 bridgehead atoms. The van der Waals surface area contributed by atoms with Gasteiger partial charge in [0.1, 0.15) is 5.52 Å². The molecule has 4 aromatic rings. The van der Waals surface area contributed by atoms with Crippen molar-refractivity contribution in [3.05, 3.63) is 42.1 Å². The number of hydrogen-bond acceptors (Lipinski definition) is 6. The number of rotatable bonds is 4. The van der Waals surface area contributed by atoms with E-state index in [-0.39, 0.29) is 11.4 Å². The smallest absolute Gasteiger partial charge is 0.271 e. The Bertz CT molecular complexity index is 1230. The molecule has 1 amide bonds. The molecular weight excluding hydrogens is 354 g/mol. The maximum absolute atomic E-state index is 11.5. The summed E-state index contributed by atoms with van der Waals surface area (Å²) in [5.41, 5.74) is 15.9. The van der Waals surface area contributed by atoms with Crippen LogP contribution in [0.2, 0.25) is 0 Å². The number of imidazole rings is 1. The third-order valence-electron chi connectivity index (χ3n) is 5.30. The molecule has 2 heterocycles. The van der Waals surface area contributed by atoms with Gasteiger partial charge in [0.15, 0.2) is 5.69 Å². The Hall–Kier alpha value is -3.68. The number of aromatic amines is 1. The molecule has 0 unspecified atom stereocenters. The Kier molecular flexibility index (Phi) is 3.65. The van der Waals surface area contributed by atoms with E-state index in [1.165, 1.54) is 19.3 Å². The minimum absolute atomic E-state index is 0.0135. The molecule has 8 nitrogen and oxygen atoms in total. The fraction of sp³-hybridized carbons (Fsp3) is 0.200. The van der Waals surface area contributed by atoms with Crippen molar-refractivity contribution in [3.63, 3.8) is 0 Å². The highest BCUT2D eigenvalue weighted by atomic mass is 16.1. The fourth-order valence-corrected chi connectivity index (χ4v) is 3.56. The van der Waals surface area contributed by atoms with Crippen molar-refractivity contribution in [2.24, 2.45) is 5.73 Å². The summed E-state index contributed by atoms with van der Waals surface area (Å²) >= 11 is 0. The Morgan fingerprint density at radius 3 is 2.79 bits per heavy atom. The number of hydrogen-bond donors (Lipinski definition) is 4. The molecule has 0 radical (unpaired) electrons. The van der Waals surface area contributed by atoms with Gasteiger partial charge in [-0.2, -0.15) is 0 Å². The average Bonchev–Trinajstić information content (AvgIpc) is 3.06. The number of amides is 1. The largest absolute Gasteiger partial charge is 0.396 e. The number of benzene rings is 2. The van der Waals surface area contributed by atoms with Crippen LogP contribution in [0.25, 0.3) is 33.1 Å². The van der Waals surface area contributed by atoms with Crippen molar-refractivity contribution in [1.82, 2.24) is 20.2 Å². The van der Waals surface area contributed by atoms with Crippen LogP contribution in [0.1, 0.15) is 29.8 Å². The van der Waals surface area contributed by atoms with E-state index in [0.717, 1.165) is 28.1 Å². The van der Waals surface area contributed by atoms with Crippen LogP contribution < -0.4 is 16.8 Å². The summed E-state index contributed by atoms with van der Waals surface area (Å²) < 4.78 is 0. The number of nitrogens with two attached hydrogens (primary N) is 2. The molecule has 1 aliphatic carbocycles. The van der Waals surface area contributed by atoms with Gasteiger partial charge in [-0.05, 0) is 37.0 Å². The number of nitrogens with zero attached hydrogens (tertiary/aromatic N) is 3. The lowest BCUT2D eigenvalue weighted by atomic mass is 9.93. The highest BCUT2D eigenvalue weighted by Crippen LogP contribution is 2.32. The fourth-order valence-electron chi connectivity index (χ4n) is 3.56. The van der Waals surface area contributed by atoms with Crippen LogP contribution >= 0.6 is 0 Å². The number of carbonyl (C=O) groups excluding carboxylic acids is 1. The van der Waals surface area contributed by atoms with Gasteiger partial charge in [-0.25, -0.2) is 4.98 Å². The third kappa shape index (κ3) is 2.61. The first-order valence-electron chi connectivity index (χ1n) is 9.21. The van der Waals surface area contributed by atoms with Crippen molar-refractivity contribution in [1.29, 1.82) is 0 Å². The van der Waals surface area contributed by atoms with Crippen LogP contribution in [0.5, 0.6) is 0 Å². The number of nitrogen functional groups attached to an aromatic ring is 1. The zero-order valence-electron chi connectivity index (χ0n) is 15.1. The van der Waals surface area contributed by atoms with Gasteiger partial charge in [0.2, 0.25) is 5.95 Å². The molecule has 5 rings (SSSR count). The molecule has 8 heteroatoms. The standard InChI is InChI=1S/C20H19N7O/c21-16-13-6-2-5-12(17(13)26-27-18(16)19(22)28)10-7-8-14-15(9-10)25-20(24-14)23-11-3-1-4-11/h2,5-9,11H,1,3-4H2,(H2,21,26)(H2,22,28)(H2,23,24,25). The van der Waals surface area contributed by atoms with Gasteiger partial charge in [-0.15, -0.1) is 10.2 Å². The summed E-state index contributed by atoms with van der Waals surface area (Å²) in [5, 5.41) is 12.2. The molecule has 2 aromatic carbocycles. The van der Waals surface area contributed by atoms with E-state index in [1.807, 2.05) is 36.4 Å². The van der Waals surface area contributed by atoms with E-state index in [9.17, 15) is 4.79 Å². The molecule has 140 valence electrons. The zero-order chi connectivity index (χ0) is 19.3. The lowest BCUT2D eigenvalue weighted by Gasteiger charge is -2.25. The second-order valence-corrected chi connectivity index (χ2v) is 7.12. The number of primary amides is 1. The molecule has 0 atom stereocenters. The SMILES string of the molecule is NC(=O)c1nnc2c(-c3ccc4nc(NC5CCC5)[nH]c4c3)cccc2c1N. The van der Waals surface area contributed by atoms with Crippen LogP contribution in [0.3, 0.4) is 0 Å². The highest BCUT2D eigenvalue weighted by Gasteiger charge is 2.19. The summed E-state index contributed by atoms with van der Waals surface area (Å²) in [6, 6.07) is 12.1. The van der Waals surface area contributed by atoms with E-state index < -0.39 is 5.91 Å². The first kappa shape index (κ1) is 16.5. The highest BCUT2D eigenvalue weighted by molar-refractivity contribution is 6.07. The van der Waals surface area contributed by atoms with Crippen molar-refractivity contribution < 1.29 is 4.79 Å². The van der Waals surface area contributed by atoms with E-state index in [2.05, 4.69) is 25.5 Å². The Morgan fingerprint density at radius 1 is 1.18 bits per heavy atom. The molecule has 0 saturated heterocycles. The van der Waals surface area contributed by atoms with E-state index >= 15 is 0 Å². The summed E-state index contributed by atoms with van der Waals surface area (Å²) in [7, 11) is 0. The molecule has 1 aliphatic rings. The summed E-state index contributed by atoms with van der Waals surface area (Å²) in [4.78, 5) is 19.4. The second-order valence-electron chi connectivity index (χ2n) is 7.12. The average molecular weight is 373 g/mol. The van der Waals surface area contributed by atoms with Crippen LogP contribution in [0.15, 0.2) is 36.4 Å². The van der Waals surface area contributed by atoms with Gasteiger partial charge in [-0.1, -0.05) is 24.3 Å². The van der Waals surface area contributed by atoms with Gasteiger partial charge in [-0.3, -0.25) is 4.79 Å². The lowest BCUT2D eigenvalue weighted by molar-refractivity contribution is 0.0996. The number of carbonyl (C=O) groups is 1. The van der Waals surface area contributed by atoms with Crippen molar-refractivity contribution in [2.75, 3.05) is 11.1 Å². The van der Waals surface area contributed by atoms with Gasteiger partial charge in [0.25, 0.3) is 5.91 Å². The topological polar surface area (TPSA) is 136 Å². The van der Waals surface area contributed by atoms with Gasteiger partial charge < -0.3 is 21.8 Å². The molecule has 0 aliphatic heterocycles. The predicted molar refractivity (Wildman–Crippen MR) is 109 cm³/mol. The molecule has 0 spiro atoms. The summed E-state index contributed by atoms with van der Waals surface area (Å²) in [6.07, 6.45) is 3.64. The first-order valence-corrected chi connectivity index (χ1v) is 9.21. The van der Waals surface area contributed by atoms with Crippen molar-refractivity contribution in [2.45, 2.75) is 25.3 Å². The van der Waals surface area contributed by atoms with E-state index in [4.69, 9.17) is 11.5 Å². The van der Waals surface area contributed by atoms with Crippen LogP contribution in [-0.4, -0.2) is 32.1 Å². The number of aromatic nitrogens is 4. The Morgan fingerprint density at radius 2 is 2.04 bits per heavy atom. The molecule has 1 saturated carbocycles. The number of anilines is 2. The van der Waals surface area contributed by atoms with Crippen LogP contribution in [0, 0.1) is 0 Å². The Balaban J connectivity index is 1.59. The van der Waals surface area contributed by atoms with Gasteiger partial charge in [0.05, 0.1) is 16.7 Å². The maximum atomic E-state index is 11.5. The van der Waals surface area contributed by atoms with Crippen LogP contribution in [-0.2, 0) is 0 Å². The second kappa shape index (κ2) is 6.19. The van der Waals surface area contributed by atoms with Crippen molar-refractivity contribution >= 4 is 39.5 Å². The minimum Gasteiger partial charge on any atom is -0.396 e. The van der Waals surface area contributed by atoms with Crippen LogP contribution in [0.4, 0.5) is 11.6 Å². The summed E-state index contributed by atoms with van der Waals surface area (Å²) in [6.45, 7) is 0. The molecule has 6 N–H and O–H groups in total. The normalized spacial score (nSPS) is 14.3. The monoisotopic (exact) mass is 373 g/mol. The van der Waals surface area contributed by atoms with E-state index in [1.54, 1.807) is 0 Å². The third-order valence-corrected chi connectivity index (χ3v) is 5.30. The van der Waals surface area contributed by atoms with Gasteiger partial charge in [0, 0.05) is 17.0 Å². The molecular formula is C20H19N7O. The number of nitrogens with one attached hydrogen (secondary N) is 2. The number of fused-ring (bicyclic) bond motifs is 2. The quantitative estimate of drug-likeness (QED) is 0.434. The van der Waals surface area contributed by atoms with E-state index in [0.29, 0.717) is 16.9 Å². The maximum Gasteiger partial charge on any atom is 0.271 e. The van der Waals surface area contributed by atoms with Gasteiger partial charge >= 0.3 is 0 Å². The van der Waals surface area contributed by atoms with Crippen molar-refractivity contribution in [3.8, 4) is 11.1 Å². The summed E-state index contributed by atoms with van der Waals surface area (Å²) in [5.74, 6) is 0.104. The predicted octanol–water partition coefficient (Wildman–Crippen LogP) is 2.82. The lowest BCUT2D eigenvalue weighted by Crippen LogP contribution is -2.27. The Labute approximate surface area is 160 Å². The molecule has 28 heavy (non-hydrogen) atoms. The zero-order valence-corrected chi connectivity index (χ0v) is 15.1.